The molecule has 0 saturated heterocycles. The predicted molar refractivity (Wildman–Crippen MR) is 89.8 cm³/mol. The van der Waals surface area contributed by atoms with Crippen molar-refractivity contribution in [2.75, 3.05) is 5.75 Å². The summed E-state index contributed by atoms with van der Waals surface area (Å²) >= 11 is 1.55. The highest BCUT2D eigenvalue weighted by Crippen LogP contribution is 2.29. The van der Waals surface area contributed by atoms with Crippen LogP contribution in [0.4, 0.5) is 0 Å². The molecule has 0 bridgehead atoms. The highest BCUT2D eigenvalue weighted by atomic mass is 32.2. The number of amides is 1. The number of nitrogens with one attached hydrogen (secondary N) is 1. The fourth-order valence-electron chi connectivity index (χ4n) is 2.82. The summed E-state index contributed by atoms with van der Waals surface area (Å²) in [6.07, 6.45) is 4.80. The van der Waals surface area contributed by atoms with Gasteiger partial charge in [0.15, 0.2) is 5.82 Å². The van der Waals surface area contributed by atoms with E-state index in [0.29, 0.717) is 24.1 Å². The maximum atomic E-state index is 11.9. The van der Waals surface area contributed by atoms with Crippen LogP contribution in [-0.4, -0.2) is 31.9 Å². The molecular formula is C16H21N5OS. The second-order valence-electron chi connectivity index (χ2n) is 5.73. The van der Waals surface area contributed by atoms with Crippen LogP contribution in [-0.2, 0) is 17.1 Å². The molecule has 2 aromatic rings. The number of thioether (sulfide) groups is 1. The maximum Gasteiger partial charge on any atom is 0.230 e. The molecule has 1 aromatic heterocycles. The SMILES string of the molecule is O=C(CSCc1nnnn1C1CCCC1)NCc1ccccc1. The van der Waals surface area contributed by atoms with Crippen molar-refractivity contribution in [1.82, 2.24) is 25.5 Å². The lowest BCUT2D eigenvalue weighted by atomic mass is 10.2. The van der Waals surface area contributed by atoms with E-state index in [1.165, 1.54) is 12.8 Å². The molecule has 1 aliphatic rings. The molecule has 122 valence electrons. The first-order valence-electron chi connectivity index (χ1n) is 7.98. The summed E-state index contributed by atoms with van der Waals surface area (Å²) in [4.78, 5) is 11.9. The number of aromatic nitrogens is 4. The Labute approximate surface area is 140 Å². The van der Waals surface area contributed by atoms with E-state index in [4.69, 9.17) is 0 Å². The fraction of sp³-hybridized carbons (Fsp3) is 0.500. The van der Waals surface area contributed by atoms with Gasteiger partial charge in [0, 0.05) is 6.54 Å². The van der Waals surface area contributed by atoms with Gasteiger partial charge < -0.3 is 5.32 Å². The summed E-state index contributed by atoms with van der Waals surface area (Å²) in [6, 6.07) is 10.4. The topological polar surface area (TPSA) is 72.7 Å². The molecule has 7 heteroatoms. The maximum absolute atomic E-state index is 11.9. The molecule has 1 aromatic carbocycles. The van der Waals surface area contributed by atoms with Crippen molar-refractivity contribution < 1.29 is 4.79 Å². The van der Waals surface area contributed by atoms with Gasteiger partial charge in [0.25, 0.3) is 0 Å². The van der Waals surface area contributed by atoms with Gasteiger partial charge in [0.05, 0.1) is 17.5 Å². The van der Waals surface area contributed by atoms with Gasteiger partial charge in [-0.25, -0.2) is 4.68 Å². The van der Waals surface area contributed by atoms with Crippen LogP contribution in [0.1, 0.15) is 43.1 Å². The summed E-state index contributed by atoms with van der Waals surface area (Å²) in [5.74, 6) is 2.00. The Kier molecular flexibility index (Phi) is 5.63. The van der Waals surface area contributed by atoms with Crippen molar-refractivity contribution in [3.63, 3.8) is 0 Å². The van der Waals surface area contributed by atoms with E-state index in [0.717, 1.165) is 24.2 Å². The molecule has 3 rings (SSSR count). The van der Waals surface area contributed by atoms with Gasteiger partial charge in [-0.2, -0.15) is 0 Å². The largest absolute Gasteiger partial charge is 0.351 e. The summed E-state index contributed by atoms with van der Waals surface area (Å²) in [6.45, 7) is 0.569. The van der Waals surface area contributed by atoms with Crippen molar-refractivity contribution in [3.05, 3.63) is 41.7 Å². The first-order valence-corrected chi connectivity index (χ1v) is 9.13. The molecule has 1 aliphatic carbocycles. The van der Waals surface area contributed by atoms with Crippen LogP contribution in [0.2, 0.25) is 0 Å². The number of rotatable bonds is 7. The van der Waals surface area contributed by atoms with E-state index in [-0.39, 0.29) is 5.91 Å². The van der Waals surface area contributed by atoms with Gasteiger partial charge in [-0.15, -0.1) is 16.9 Å². The molecule has 0 unspecified atom stereocenters. The van der Waals surface area contributed by atoms with Gasteiger partial charge in [-0.05, 0) is 28.8 Å². The van der Waals surface area contributed by atoms with Crippen molar-refractivity contribution in [2.45, 2.75) is 44.0 Å². The Bertz CT molecular complexity index is 624. The molecule has 1 saturated carbocycles. The van der Waals surface area contributed by atoms with Crippen molar-refractivity contribution in [3.8, 4) is 0 Å². The molecule has 0 radical (unpaired) electrons. The number of hydrogen-bond acceptors (Lipinski definition) is 5. The number of hydrogen-bond donors (Lipinski definition) is 1. The fourth-order valence-corrected chi connectivity index (χ4v) is 3.58. The van der Waals surface area contributed by atoms with Gasteiger partial charge >= 0.3 is 0 Å². The highest BCUT2D eigenvalue weighted by Gasteiger charge is 2.21. The quantitative estimate of drug-likeness (QED) is 0.843. The van der Waals surface area contributed by atoms with Crippen LogP contribution in [0.3, 0.4) is 0 Å². The summed E-state index contributed by atoms with van der Waals surface area (Å²) in [7, 11) is 0. The van der Waals surface area contributed by atoms with E-state index in [2.05, 4.69) is 20.8 Å². The van der Waals surface area contributed by atoms with Crippen LogP contribution in [0.15, 0.2) is 30.3 Å². The third-order valence-electron chi connectivity index (χ3n) is 4.03. The Morgan fingerprint density at radius 2 is 2.04 bits per heavy atom. The van der Waals surface area contributed by atoms with Crippen LogP contribution in [0.25, 0.3) is 0 Å². The first kappa shape index (κ1) is 16.0. The number of carbonyl (C=O) groups excluding carboxylic acids is 1. The van der Waals surface area contributed by atoms with Crippen LogP contribution < -0.4 is 5.32 Å². The molecule has 0 spiro atoms. The minimum absolute atomic E-state index is 0.0405. The summed E-state index contributed by atoms with van der Waals surface area (Å²) in [5.41, 5.74) is 1.11. The molecule has 1 N–H and O–H groups in total. The second kappa shape index (κ2) is 8.10. The summed E-state index contributed by atoms with van der Waals surface area (Å²) < 4.78 is 1.95. The van der Waals surface area contributed by atoms with E-state index in [1.807, 2.05) is 35.0 Å². The molecule has 6 nitrogen and oxygen atoms in total. The van der Waals surface area contributed by atoms with Crippen LogP contribution in [0, 0.1) is 0 Å². The number of benzene rings is 1. The Hall–Kier alpha value is -1.89. The zero-order valence-electron chi connectivity index (χ0n) is 13.0. The first-order chi connectivity index (χ1) is 11.3. The van der Waals surface area contributed by atoms with Crippen LogP contribution >= 0.6 is 11.8 Å². The number of nitrogens with zero attached hydrogens (tertiary/aromatic N) is 4. The molecular weight excluding hydrogens is 310 g/mol. The lowest BCUT2D eigenvalue weighted by Crippen LogP contribution is -2.24. The standard InChI is InChI=1S/C16H21N5OS/c22-16(17-10-13-6-2-1-3-7-13)12-23-11-15-18-19-20-21(15)14-8-4-5-9-14/h1-3,6-7,14H,4-5,8-12H2,(H,17,22). The molecule has 1 fully saturated rings. The average molecular weight is 331 g/mol. The van der Waals surface area contributed by atoms with Crippen molar-refractivity contribution >= 4 is 17.7 Å². The van der Waals surface area contributed by atoms with Gasteiger partial charge in [0.1, 0.15) is 0 Å². The van der Waals surface area contributed by atoms with Gasteiger partial charge in [0.2, 0.25) is 5.91 Å². The monoisotopic (exact) mass is 331 g/mol. The Morgan fingerprint density at radius 1 is 1.26 bits per heavy atom. The smallest absolute Gasteiger partial charge is 0.230 e. The predicted octanol–water partition coefficient (Wildman–Crippen LogP) is 2.34. The third-order valence-corrected chi connectivity index (χ3v) is 4.96. The Balaban J connectivity index is 1.41. The van der Waals surface area contributed by atoms with Crippen molar-refractivity contribution in [2.24, 2.45) is 0 Å². The zero-order chi connectivity index (χ0) is 15.9. The van der Waals surface area contributed by atoms with Crippen molar-refractivity contribution in [1.29, 1.82) is 0 Å². The lowest BCUT2D eigenvalue weighted by Gasteiger charge is -2.11. The number of tetrazole rings is 1. The third kappa shape index (κ3) is 4.54. The zero-order valence-corrected chi connectivity index (χ0v) is 13.8. The molecule has 23 heavy (non-hydrogen) atoms. The number of carbonyl (C=O) groups is 1. The Morgan fingerprint density at radius 3 is 2.83 bits per heavy atom. The minimum Gasteiger partial charge on any atom is -0.351 e. The van der Waals surface area contributed by atoms with E-state index < -0.39 is 0 Å². The van der Waals surface area contributed by atoms with E-state index >= 15 is 0 Å². The average Bonchev–Trinajstić information content (AvgIpc) is 3.25. The molecule has 1 amide bonds. The lowest BCUT2D eigenvalue weighted by molar-refractivity contribution is -0.118. The van der Waals surface area contributed by atoms with E-state index in [9.17, 15) is 4.79 Å². The van der Waals surface area contributed by atoms with Crippen LogP contribution in [0.5, 0.6) is 0 Å². The van der Waals surface area contributed by atoms with E-state index in [1.54, 1.807) is 11.8 Å². The highest BCUT2D eigenvalue weighted by molar-refractivity contribution is 7.99. The van der Waals surface area contributed by atoms with Gasteiger partial charge in [-0.3, -0.25) is 4.79 Å². The van der Waals surface area contributed by atoms with Gasteiger partial charge in [-0.1, -0.05) is 43.2 Å². The molecule has 0 aliphatic heterocycles. The summed E-state index contributed by atoms with van der Waals surface area (Å²) in [5, 5.41) is 14.9. The normalized spacial score (nSPS) is 15.0. The molecule has 1 heterocycles. The molecule has 0 atom stereocenters. The second-order valence-corrected chi connectivity index (χ2v) is 6.72. The minimum atomic E-state index is 0.0405.